The van der Waals surface area contributed by atoms with Gasteiger partial charge in [0.2, 0.25) is 5.89 Å². The van der Waals surface area contributed by atoms with Crippen molar-refractivity contribution in [1.82, 2.24) is 10.3 Å². The average molecular weight is 412 g/mol. The van der Waals surface area contributed by atoms with Crippen molar-refractivity contribution in [2.24, 2.45) is 0 Å². The summed E-state index contributed by atoms with van der Waals surface area (Å²) in [5.41, 5.74) is 0.654. The third kappa shape index (κ3) is 4.96. The Morgan fingerprint density at radius 1 is 1.20 bits per heavy atom. The number of aromatic nitrogens is 1. The van der Waals surface area contributed by atoms with E-state index in [2.05, 4.69) is 10.3 Å². The number of hydrogen-bond donors (Lipinski definition) is 2. The van der Waals surface area contributed by atoms with Crippen LogP contribution in [0.2, 0.25) is 0 Å². The van der Waals surface area contributed by atoms with E-state index in [9.17, 15) is 14.7 Å². The van der Waals surface area contributed by atoms with Gasteiger partial charge in [-0.2, -0.15) is 0 Å². The molecule has 0 aliphatic carbocycles. The van der Waals surface area contributed by atoms with Crippen LogP contribution in [0.15, 0.2) is 52.9 Å². The first-order chi connectivity index (χ1) is 14.3. The highest BCUT2D eigenvalue weighted by molar-refractivity contribution is 5.79. The monoisotopic (exact) mass is 412 g/mol. The highest BCUT2D eigenvalue weighted by Gasteiger charge is 2.30. The maximum atomic E-state index is 12.5. The number of oxazole rings is 1. The molecule has 0 spiro atoms. The first-order valence-corrected chi connectivity index (χ1v) is 9.57. The molecule has 2 aromatic carbocycles. The van der Waals surface area contributed by atoms with E-state index < -0.39 is 23.6 Å². The van der Waals surface area contributed by atoms with Gasteiger partial charge >= 0.3 is 11.9 Å². The Balaban J connectivity index is 1.78. The number of carbonyl (C=O) groups is 2. The van der Waals surface area contributed by atoms with Gasteiger partial charge in [0, 0.05) is 6.54 Å². The molecule has 30 heavy (non-hydrogen) atoms. The molecule has 8 nitrogen and oxygen atoms in total. The van der Waals surface area contributed by atoms with E-state index in [0.29, 0.717) is 16.8 Å². The first-order valence-electron chi connectivity index (χ1n) is 9.57. The van der Waals surface area contributed by atoms with Crippen LogP contribution < -0.4 is 10.1 Å². The smallest absolute Gasteiger partial charge is 0.347 e. The molecule has 8 heteroatoms. The van der Waals surface area contributed by atoms with Crippen molar-refractivity contribution in [3.63, 3.8) is 0 Å². The fourth-order valence-corrected chi connectivity index (χ4v) is 2.79. The second-order valence-electron chi connectivity index (χ2n) is 7.15. The van der Waals surface area contributed by atoms with Gasteiger partial charge in [-0.05, 0) is 50.6 Å². The Hall–Kier alpha value is -3.39. The molecule has 2 N–H and O–H groups in total. The summed E-state index contributed by atoms with van der Waals surface area (Å²) < 4.78 is 16.5. The lowest BCUT2D eigenvalue weighted by Crippen LogP contribution is -2.37. The van der Waals surface area contributed by atoms with Crippen molar-refractivity contribution >= 4 is 23.0 Å². The summed E-state index contributed by atoms with van der Waals surface area (Å²) >= 11 is 0. The van der Waals surface area contributed by atoms with Crippen LogP contribution >= 0.6 is 0 Å². The molecule has 0 fully saturated rings. The van der Waals surface area contributed by atoms with Crippen LogP contribution in [-0.4, -0.2) is 34.2 Å². The summed E-state index contributed by atoms with van der Waals surface area (Å²) in [5.74, 6) is -0.932. The zero-order chi connectivity index (χ0) is 21.7. The predicted octanol–water partition coefficient (Wildman–Crippen LogP) is 3.46. The van der Waals surface area contributed by atoms with E-state index in [0.717, 1.165) is 5.56 Å². The molecule has 1 unspecified atom stereocenters. The summed E-state index contributed by atoms with van der Waals surface area (Å²) in [6.07, 6.45) is 0. The second kappa shape index (κ2) is 8.96. The van der Waals surface area contributed by atoms with Gasteiger partial charge in [0.05, 0.1) is 6.61 Å². The number of carboxylic acids is 1. The third-order valence-corrected chi connectivity index (χ3v) is 4.38. The second-order valence-corrected chi connectivity index (χ2v) is 7.15. The van der Waals surface area contributed by atoms with Crippen molar-refractivity contribution in [2.45, 2.75) is 39.0 Å². The van der Waals surface area contributed by atoms with Gasteiger partial charge in [0.15, 0.2) is 17.2 Å². The molecule has 0 amide bonds. The van der Waals surface area contributed by atoms with Gasteiger partial charge in [-0.15, -0.1) is 0 Å². The highest BCUT2D eigenvalue weighted by Crippen LogP contribution is 2.23. The van der Waals surface area contributed by atoms with Crippen molar-refractivity contribution in [3.05, 3.63) is 60.0 Å². The number of rotatable bonds is 9. The largest absolute Gasteiger partial charge is 0.478 e. The number of para-hydroxylation sites is 2. The lowest BCUT2D eigenvalue weighted by molar-refractivity contribution is -0.152. The third-order valence-electron chi connectivity index (χ3n) is 4.38. The molecule has 1 heterocycles. The minimum atomic E-state index is -1.36. The molecule has 3 aromatic rings. The van der Waals surface area contributed by atoms with Crippen molar-refractivity contribution in [2.75, 3.05) is 6.61 Å². The van der Waals surface area contributed by atoms with Crippen LogP contribution in [0.4, 0.5) is 0 Å². The fourth-order valence-electron chi connectivity index (χ4n) is 2.79. The number of benzene rings is 2. The van der Waals surface area contributed by atoms with Crippen molar-refractivity contribution in [1.29, 1.82) is 0 Å². The lowest BCUT2D eigenvalue weighted by atomic mass is 10.1. The number of fused-ring (bicyclic) bond motifs is 1. The van der Waals surface area contributed by atoms with E-state index in [1.165, 1.54) is 13.8 Å². The van der Waals surface area contributed by atoms with Crippen LogP contribution in [-0.2, 0) is 20.9 Å². The van der Waals surface area contributed by atoms with Crippen LogP contribution in [0.1, 0.15) is 38.3 Å². The lowest BCUT2D eigenvalue weighted by Gasteiger charge is -2.22. The Morgan fingerprint density at radius 3 is 2.67 bits per heavy atom. The number of carboxylic acid groups (broad SMARTS) is 1. The first kappa shape index (κ1) is 21.3. The Kier molecular flexibility index (Phi) is 6.37. The molecule has 0 radical (unpaired) electrons. The standard InChI is InChI=1S/C22H24N2O6/c1-4-28-20(25)18(19-24-16-10-5-6-11-17(16)29-19)23-13-14-8-7-9-15(12-14)30-22(2,3)21(26)27/h5-12,18,23H,4,13H2,1-3H3,(H,26,27). The highest BCUT2D eigenvalue weighted by atomic mass is 16.5. The number of nitrogens with zero attached hydrogens (tertiary/aromatic N) is 1. The van der Waals surface area contributed by atoms with Gasteiger partial charge < -0.3 is 19.0 Å². The molecule has 1 atom stereocenters. The molecular formula is C22H24N2O6. The molecule has 0 aliphatic heterocycles. The number of carbonyl (C=O) groups excluding carboxylic acids is 1. The van der Waals surface area contributed by atoms with Gasteiger partial charge in [0.25, 0.3) is 0 Å². The zero-order valence-corrected chi connectivity index (χ0v) is 17.0. The van der Waals surface area contributed by atoms with Gasteiger partial charge in [-0.1, -0.05) is 24.3 Å². The van der Waals surface area contributed by atoms with Crippen LogP contribution in [0.25, 0.3) is 11.1 Å². The van der Waals surface area contributed by atoms with E-state index in [1.54, 1.807) is 37.3 Å². The number of hydrogen-bond acceptors (Lipinski definition) is 7. The molecule has 1 aromatic heterocycles. The summed E-state index contributed by atoms with van der Waals surface area (Å²) in [7, 11) is 0. The molecule has 0 saturated carbocycles. The molecule has 158 valence electrons. The quantitative estimate of drug-likeness (QED) is 0.514. The predicted molar refractivity (Wildman–Crippen MR) is 109 cm³/mol. The van der Waals surface area contributed by atoms with Crippen molar-refractivity contribution < 1.29 is 28.6 Å². The summed E-state index contributed by atoms with van der Waals surface area (Å²) in [5, 5.41) is 12.3. The number of esters is 1. The molecular weight excluding hydrogens is 388 g/mol. The normalized spacial score (nSPS) is 12.5. The minimum Gasteiger partial charge on any atom is -0.478 e. The van der Waals surface area contributed by atoms with E-state index >= 15 is 0 Å². The fraction of sp³-hybridized carbons (Fsp3) is 0.318. The van der Waals surface area contributed by atoms with Gasteiger partial charge in [-0.3, -0.25) is 5.32 Å². The topological polar surface area (TPSA) is 111 Å². The van der Waals surface area contributed by atoms with Crippen LogP contribution in [0.3, 0.4) is 0 Å². The SMILES string of the molecule is CCOC(=O)C(NCc1cccc(OC(C)(C)C(=O)O)c1)c1nc2ccccc2o1. The number of nitrogens with one attached hydrogen (secondary N) is 1. The Labute approximate surface area is 173 Å². The maximum Gasteiger partial charge on any atom is 0.347 e. The zero-order valence-electron chi connectivity index (χ0n) is 17.0. The minimum absolute atomic E-state index is 0.217. The molecule has 3 rings (SSSR count). The van der Waals surface area contributed by atoms with E-state index in [1.807, 2.05) is 18.2 Å². The van der Waals surface area contributed by atoms with Crippen LogP contribution in [0, 0.1) is 0 Å². The number of aliphatic carboxylic acids is 1. The Bertz CT molecular complexity index is 1010. The molecule has 0 aliphatic rings. The van der Waals surface area contributed by atoms with E-state index in [-0.39, 0.29) is 19.0 Å². The van der Waals surface area contributed by atoms with E-state index in [4.69, 9.17) is 13.9 Å². The summed E-state index contributed by atoms with van der Waals surface area (Å²) in [6, 6.07) is 13.3. The molecule has 0 saturated heterocycles. The molecule has 0 bridgehead atoms. The summed E-state index contributed by atoms with van der Waals surface area (Å²) in [6.45, 7) is 5.19. The average Bonchev–Trinajstić information content (AvgIpc) is 3.12. The Morgan fingerprint density at radius 2 is 1.97 bits per heavy atom. The maximum absolute atomic E-state index is 12.5. The number of ether oxygens (including phenoxy) is 2. The van der Waals surface area contributed by atoms with Gasteiger partial charge in [-0.25, -0.2) is 14.6 Å². The van der Waals surface area contributed by atoms with Crippen molar-refractivity contribution in [3.8, 4) is 5.75 Å². The van der Waals surface area contributed by atoms with Gasteiger partial charge in [0.1, 0.15) is 11.3 Å². The van der Waals surface area contributed by atoms with Crippen LogP contribution in [0.5, 0.6) is 5.75 Å². The summed E-state index contributed by atoms with van der Waals surface area (Å²) in [4.78, 5) is 28.2.